The van der Waals surface area contributed by atoms with E-state index in [1.807, 2.05) is 0 Å². The van der Waals surface area contributed by atoms with E-state index in [1.165, 1.54) is 17.2 Å². The maximum Gasteiger partial charge on any atom is 0.401 e. The average molecular weight is 405 g/mol. The van der Waals surface area contributed by atoms with Crippen LogP contribution >= 0.6 is 15.9 Å². The molecule has 0 saturated carbocycles. The van der Waals surface area contributed by atoms with Crippen molar-refractivity contribution in [3.8, 4) is 5.75 Å². The summed E-state index contributed by atoms with van der Waals surface area (Å²) in [6.07, 6.45) is -2.71. The fourth-order valence-electron chi connectivity index (χ4n) is 3.03. The van der Waals surface area contributed by atoms with E-state index in [0.29, 0.717) is 15.7 Å². The largest absolute Gasteiger partial charge is 0.508 e. The van der Waals surface area contributed by atoms with E-state index >= 15 is 0 Å². The fraction of sp³-hybridized carbons (Fsp3) is 0.312. The van der Waals surface area contributed by atoms with Gasteiger partial charge in [-0.3, -0.25) is 9.88 Å². The molecule has 1 unspecified atom stereocenters. The summed E-state index contributed by atoms with van der Waals surface area (Å²) in [5, 5.41) is 9.56. The molecular formula is C16H13BrF4N2O. The highest BCUT2D eigenvalue weighted by atomic mass is 79.9. The monoisotopic (exact) mass is 404 g/mol. The molecule has 24 heavy (non-hydrogen) atoms. The average Bonchev–Trinajstić information content (AvgIpc) is 2.47. The van der Waals surface area contributed by atoms with Crippen molar-refractivity contribution >= 4 is 15.9 Å². The lowest BCUT2D eigenvalue weighted by Crippen LogP contribution is -2.42. The number of pyridine rings is 1. The molecule has 0 saturated heterocycles. The number of hydrogen-bond donors (Lipinski definition) is 1. The topological polar surface area (TPSA) is 36.4 Å². The lowest BCUT2D eigenvalue weighted by molar-refractivity contribution is -0.150. The second-order valence-corrected chi connectivity index (χ2v) is 6.56. The number of fused-ring (bicyclic) bond motifs is 1. The van der Waals surface area contributed by atoms with E-state index in [0.717, 1.165) is 6.07 Å². The first kappa shape index (κ1) is 17.2. The van der Waals surface area contributed by atoms with Crippen LogP contribution in [0.1, 0.15) is 22.9 Å². The number of rotatable bonds is 2. The SMILES string of the molecule is Oc1cc(F)c2c(c1)CCN(CC(F)(F)F)C2c1ccc(Br)cn1. The van der Waals surface area contributed by atoms with Crippen molar-refractivity contribution in [2.45, 2.75) is 18.6 Å². The van der Waals surface area contributed by atoms with Gasteiger partial charge in [0.2, 0.25) is 0 Å². The Labute approximate surface area is 144 Å². The van der Waals surface area contributed by atoms with Crippen molar-refractivity contribution in [1.29, 1.82) is 0 Å². The van der Waals surface area contributed by atoms with Gasteiger partial charge in [-0.25, -0.2) is 4.39 Å². The molecule has 3 nitrogen and oxygen atoms in total. The molecule has 2 aromatic rings. The summed E-state index contributed by atoms with van der Waals surface area (Å²) in [6.45, 7) is -1.06. The van der Waals surface area contributed by atoms with Crippen LogP contribution in [0.2, 0.25) is 0 Å². The molecule has 0 radical (unpaired) electrons. The van der Waals surface area contributed by atoms with Crippen molar-refractivity contribution in [2.75, 3.05) is 13.1 Å². The van der Waals surface area contributed by atoms with Crippen LogP contribution in [0.15, 0.2) is 34.9 Å². The van der Waals surface area contributed by atoms with E-state index < -0.39 is 24.6 Å². The van der Waals surface area contributed by atoms with Gasteiger partial charge in [-0.15, -0.1) is 0 Å². The van der Waals surface area contributed by atoms with Crippen LogP contribution in [-0.4, -0.2) is 34.3 Å². The highest BCUT2D eigenvalue weighted by Gasteiger charge is 2.39. The van der Waals surface area contributed by atoms with Gasteiger partial charge < -0.3 is 5.11 Å². The van der Waals surface area contributed by atoms with E-state index in [9.17, 15) is 22.7 Å². The minimum absolute atomic E-state index is 0.0951. The molecule has 1 atom stereocenters. The van der Waals surface area contributed by atoms with Crippen molar-refractivity contribution in [2.24, 2.45) is 0 Å². The van der Waals surface area contributed by atoms with E-state index in [4.69, 9.17) is 0 Å². The molecule has 1 N–H and O–H groups in total. The molecule has 1 aliphatic heterocycles. The molecule has 8 heteroatoms. The number of benzene rings is 1. The van der Waals surface area contributed by atoms with Crippen molar-refractivity contribution in [3.05, 3.63) is 57.6 Å². The second-order valence-electron chi connectivity index (χ2n) is 5.64. The first-order valence-corrected chi connectivity index (χ1v) is 7.97. The first-order chi connectivity index (χ1) is 11.2. The third-order valence-corrected chi connectivity index (χ3v) is 4.39. The van der Waals surface area contributed by atoms with Gasteiger partial charge in [0.05, 0.1) is 18.3 Å². The van der Waals surface area contributed by atoms with Crippen LogP contribution in [0.25, 0.3) is 0 Å². The number of phenols is 1. The molecule has 0 amide bonds. The molecule has 128 valence electrons. The van der Waals surface area contributed by atoms with Crippen LogP contribution in [0.3, 0.4) is 0 Å². The number of phenolic OH excluding ortho intramolecular Hbond substituents is 1. The zero-order chi connectivity index (χ0) is 17.5. The number of nitrogens with zero attached hydrogens (tertiary/aromatic N) is 2. The minimum atomic E-state index is -4.40. The summed E-state index contributed by atoms with van der Waals surface area (Å²) in [5.41, 5.74) is 0.965. The molecule has 1 aromatic carbocycles. The zero-order valence-corrected chi connectivity index (χ0v) is 13.9. The first-order valence-electron chi connectivity index (χ1n) is 7.18. The van der Waals surface area contributed by atoms with Crippen LogP contribution in [-0.2, 0) is 6.42 Å². The van der Waals surface area contributed by atoms with Crippen LogP contribution in [0, 0.1) is 5.82 Å². The van der Waals surface area contributed by atoms with Gasteiger partial charge in [-0.1, -0.05) is 0 Å². The van der Waals surface area contributed by atoms with Gasteiger partial charge in [0.15, 0.2) is 0 Å². The van der Waals surface area contributed by atoms with Gasteiger partial charge in [0, 0.05) is 28.8 Å². The Bertz CT molecular complexity index is 749. The van der Waals surface area contributed by atoms with Gasteiger partial charge in [0.1, 0.15) is 11.6 Å². The third kappa shape index (κ3) is 3.54. The normalized spacial score (nSPS) is 18.5. The summed E-state index contributed by atoms with van der Waals surface area (Å²) in [7, 11) is 0. The van der Waals surface area contributed by atoms with E-state index in [1.54, 1.807) is 12.1 Å². The number of hydrogen-bond acceptors (Lipinski definition) is 3. The van der Waals surface area contributed by atoms with Crippen molar-refractivity contribution in [3.63, 3.8) is 0 Å². The lowest BCUT2D eigenvalue weighted by Gasteiger charge is -2.37. The number of alkyl halides is 3. The summed E-state index contributed by atoms with van der Waals surface area (Å²) in [4.78, 5) is 5.32. The summed E-state index contributed by atoms with van der Waals surface area (Å²) >= 11 is 3.23. The third-order valence-electron chi connectivity index (χ3n) is 3.92. The quantitative estimate of drug-likeness (QED) is 0.762. The Morgan fingerprint density at radius 2 is 2.04 bits per heavy atom. The Kier molecular flexibility index (Phi) is 4.52. The second kappa shape index (κ2) is 6.33. The molecule has 0 spiro atoms. The number of aromatic hydroxyl groups is 1. The molecule has 3 rings (SSSR count). The maximum atomic E-state index is 14.4. The molecule has 2 heterocycles. The standard InChI is InChI=1S/C16H13BrF4N2O/c17-10-1-2-13(22-7-10)15-14-9(5-11(24)6-12(14)18)3-4-23(15)8-16(19,20)21/h1-2,5-7,15,24H,3-4,8H2. The van der Waals surface area contributed by atoms with Crippen LogP contribution in [0.4, 0.5) is 17.6 Å². The summed E-state index contributed by atoms with van der Waals surface area (Å²) in [5.74, 6) is -0.968. The van der Waals surface area contributed by atoms with Crippen LogP contribution < -0.4 is 0 Å². The van der Waals surface area contributed by atoms with Gasteiger partial charge in [-0.05, 0) is 46.1 Å². The Morgan fingerprint density at radius 3 is 2.67 bits per heavy atom. The number of halogens is 5. The minimum Gasteiger partial charge on any atom is -0.508 e. The van der Waals surface area contributed by atoms with E-state index in [2.05, 4.69) is 20.9 Å². The summed E-state index contributed by atoms with van der Waals surface area (Å²) in [6, 6.07) is 4.58. The van der Waals surface area contributed by atoms with Crippen molar-refractivity contribution in [1.82, 2.24) is 9.88 Å². The molecule has 1 aromatic heterocycles. The maximum absolute atomic E-state index is 14.4. The Morgan fingerprint density at radius 1 is 1.29 bits per heavy atom. The lowest BCUT2D eigenvalue weighted by atomic mass is 9.89. The molecular weight excluding hydrogens is 392 g/mol. The number of aromatic nitrogens is 1. The Hall–Kier alpha value is -1.67. The van der Waals surface area contributed by atoms with Gasteiger partial charge in [-0.2, -0.15) is 13.2 Å². The van der Waals surface area contributed by atoms with Crippen LogP contribution in [0.5, 0.6) is 5.75 Å². The fourth-order valence-corrected chi connectivity index (χ4v) is 3.27. The Balaban J connectivity index is 2.11. The molecule has 1 aliphatic rings. The highest BCUT2D eigenvalue weighted by Crippen LogP contribution is 2.39. The zero-order valence-electron chi connectivity index (χ0n) is 12.3. The predicted molar refractivity (Wildman–Crippen MR) is 83.2 cm³/mol. The smallest absolute Gasteiger partial charge is 0.401 e. The highest BCUT2D eigenvalue weighted by molar-refractivity contribution is 9.10. The van der Waals surface area contributed by atoms with Gasteiger partial charge >= 0.3 is 6.18 Å². The molecule has 0 fully saturated rings. The van der Waals surface area contributed by atoms with E-state index in [-0.39, 0.29) is 24.3 Å². The molecule has 0 bridgehead atoms. The predicted octanol–water partition coefficient (Wildman–Crippen LogP) is 4.20. The van der Waals surface area contributed by atoms with Crippen molar-refractivity contribution < 1.29 is 22.7 Å². The molecule has 0 aliphatic carbocycles. The summed E-state index contributed by atoms with van der Waals surface area (Å²) < 4.78 is 53.9. The van der Waals surface area contributed by atoms with Gasteiger partial charge in [0.25, 0.3) is 0 Å².